The van der Waals surface area contributed by atoms with Gasteiger partial charge in [-0.2, -0.15) is 11.8 Å². The Morgan fingerprint density at radius 2 is 2.11 bits per heavy atom. The molecule has 0 heterocycles. The maximum atomic E-state index is 11.9. The largest absolute Gasteiger partial charge is 0.468 e. The van der Waals surface area contributed by atoms with Crippen LogP contribution in [-0.2, 0) is 9.53 Å². The summed E-state index contributed by atoms with van der Waals surface area (Å²) in [5.74, 6) is 3.06. The number of esters is 1. The van der Waals surface area contributed by atoms with E-state index in [9.17, 15) is 4.79 Å². The lowest BCUT2D eigenvalue weighted by molar-refractivity contribution is -0.148. The maximum absolute atomic E-state index is 11.9. The fourth-order valence-electron chi connectivity index (χ4n) is 2.59. The van der Waals surface area contributed by atoms with Crippen molar-refractivity contribution < 1.29 is 9.53 Å². The first kappa shape index (κ1) is 16.8. The van der Waals surface area contributed by atoms with Crippen LogP contribution in [0.25, 0.3) is 0 Å². The molecule has 0 bridgehead atoms. The molecular weight excluding hydrogens is 258 g/mol. The van der Waals surface area contributed by atoms with E-state index < -0.39 is 5.54 Å². The molecule has 0 radical (unpaired) electrons. The third-order valence-corrected chi connectivity index (χ3v) is 5.18. The van der Waals surface area contributed by atoms with Gasteiger partial charge in [0.15, 0.2) is 0 Å². The van der Waals surface area contributed by atoms with Crippen LogP contribution >= 0.6 is 11.8 Å². The van der Waals surface area contributed by atoms with E-state index in [1.165, 1.54) is 38.5 Å². The smallest absolute Gasteiger partial charge is 0.325 e. The van der Waals surface area contributed by atoms with Gasteiger partial charge in [-0.25, -0.2) is 0 Å². The molecule has 19 heavy (non-hydrogen) atoms. The highest BCUT2D eigenvalue weighted by molar-refractivity contribution is 7.99. The van der Waals surface area contributed by atoms with E-state index in [1.54, 1.807) is 0 Å². The SMILES string of the molecule is CCCNC(C)(CCSCC1CCCC1)C(=O)OC. The summed E-state index contributed by atoms with van der Waals surface area (Å²) in [6, 6.07) is 0. The van der Waals surface area contributed by atoms with Crippen LogP contribution in [0, 0.1) is 5.92 Å². The molecule has 1 fully saturated rings. The maximum Gasteiger partial charge on any atom is 0.325 e. The summed E-state index contributed by atoms with van der Waals surface area (Å²) in [4.78, 5) is 11.9. The molecule has 0 amide bonds. The second kappa shape index (κ2) is 8.85. The molecule has 0 aromatic rings. The van der Waals surface area contributed by atoms with Gasteiger partial charge in [-0.1, -0.05) is 19.8 Å². The van der Waals surface area contributed by atoms with E-state index in [0.717, 1.165) is 31.1 Å². The Bertz CT molecular complexity index is 267. The fraction of sp³-hybridized carbons (Fsp3) is 0.933. The van der Waals surface area contributed by atoms with Crippen LogP contribution in [-0.4, -0.2) is 36.7 Å². The molecule has 3 nitrogen and oxygen atoms in total. The Hall–Kier alpha value is -0.220. The first-order valence-electron chi connectivity index (χ1n) is 7.53. The van der Waals surface area contributed by atoms with Crippen LogP contribution in [0.4, 0.5) is 0 Å². The van der Waals surface area contributed by atoms with Gasteiger partial charge in [0.2, 0.25) is 0 Å². The zero-order chi connectivity index (χ0) is 14.1. The summed E-state index contributed by atoms with van der Waals surface area (Å²) in [6.07, 6.45) is 7.48. The molecule has 4 heteroatoms. The highest BCUT2D eigenvalue weighted by atomic mass is 32.2. The van der Waals surface area contributed by atoms with E-state index in [1.807, 2.05) is 18.7 Å². The van der Waals surface area contributed by atoms with Gasteiger partial charge >= 0.3 is 5.97 Å². The van der Waals surface area contributed by atoms with Crippen molar-refractivity contribution in [3.63, 3.8) is 0 Å². The Labute approximate surface area is 122 Å². The number of methoxy groups -OCH3 is 1. The lowest BCUT2D eigenvalue weighted by Crippen LogP contribution is -2.50. The third-order valence-electron chi connectivity index (χ3n) is 3.98. The van der Waals surface area contributed by atoms with Gasteiger partial charge in [-0.05, 0) is 56.6 Å². The molecular formula is C15H29NO2S. The highest BCUT2D eigenvalue weighted by Crippen LogP contribution is 2.28. The number of rotatable bonds is 9. The fourth-order valence-corrected chi connectivity index (χ4v) is 3.98. The van der Waals surface area contributed by atoms with Crippen molar-refractivity contribution in [2.24, 2.45) is 5.92 Å². The number of nitrogens with one attached hydrogen (secondary N) is 1. The predicted molar refractivity (Wildman–Crippen MR) is 82.6 cm³/mol. The molecule has 1 unspecified atom stereocenters. The van der Waals surface area contributed by atoms with E-state index in [2.05, 4.69) is 12.2 Å². The normalized spacial score (nSPS) is 19.3. The van der Waals surface area contributed by atoms with Crippen molar-refractivity contribution >= 4 is 17.7 Å². The molecule has 0 aromatic heterocycles. The van der Waals surface area contributed by atoms with Gasteiger partial charge in [-0.15, -0.1) is 0 Å². The Morgan fingerprint density at radius 1 is 1.42 bits per heavy atom. The Morgan fingerprint density at radius 3 is 2.68 bits per heavy atom. The van der Waals surface area contributed by atoms with Crippen molar-refractivity contribution in [1.29, 1.82) is 0 Å². The number of carbonyl (C=O) groups excluding carboxylic acids is 1. The van der Waals surface area contributed by atoms with Gasteiger partial charge < -0.3 is 10.1 Å². The monoisotopic (exact) mass is 287 g/mol. The minimum Gasteiger partial charge on any atom is -0.468 e. The molecule has 1 atom stereocenters. The van der Waals surface area contributed by atoms with Crippen LogP contribution in [0.1, 0.15) is 52.4 Å². The summed E-state index contributed by atoms with van der Waals surface area (Å²) >= 11 is 1.99. The van der Waals surface area contributed by atoms with Crippen molar-refractivity contribution in [3.05, 3.63) is 0 Å². The second-order valence-corrected chi connectivity index (χ2v) is 6.88. The number of hydrogen-bond acceptors (Lipinski definition) is 4. The first-order valence-corrected chi connectivity index (χ1v) is 8.69. The number of ether oxygens (including phenoxy) is 1. The second-order valence-electron chi connectivity index (χ2n) is 5.73. The summed E-state index contributed by atoms with van der Waals surface area (Å²) in [5, 5.41) is 3.34. The minimum absolute atomic E-state index is 0.137. The van der Waals surface area contributed by atoms with Gasteiger partial charge in [0.05, 0.1) is 7.11 Å². The van der Waals surface area contributed by atoms with Crippen LogP contribution in [0.3, 0.4) is 0 Å². The minimum atomic E-state index is -0.520. The van der Waals surface area contributed by atoms with E-state index >= 15 is 0 Å². The third kappa shape index (κ3) is 5.74. The van der Waals surface area contributed by atoms with Crippen molar-refractivity contribution in [2.45, 2.75) is 57.9 Å². The average molecular weight is 287 g/mol. The summed E-state index contributed by atoms with van der Waals surface area (Å²) in [7, 11) is 1.47. The topological polar surface area (TPSA) is 38.3 Å². The summed E-state index contributed by atoms with van der Waals surface area (Å²) in [5.41, 5.74) is -0.520. The lowest BCUT2D eigenvalue weighted by atomic mass is 9.99. The van der Waals surface area contributed by atoms with Crippen LogP contribution in [0.2, 0.25) is 0 Å². The molecule has 112 valence electrons. The Balaban J connectivity index is 2.28. The van der Waals surface area contributed by atoms with Crippen molar-refractivity contribution in [2.75, 3.05) is 25.2 Å². The van der Waals surface area contributed by atoms with Gasteiger partial charge in [0.25, 0.3) is 0 Å². The van der Waals surface area contributed by atoms with Gasteiger partial charge in [0, 0.05) is 0 Å². The summed E-state index contributed by atoms with van der Waals surface area (Å²) in [6.45, 7) is 4.93. The molecule has 0 saturated heterocycles. The predicted octanol–water partition coefficient (Wildman–Crippen LogP) is 3.23. The molecule has 0 spiro atoms. The van der Waals surface area contributed by atoms with Crippen molar-refractivity contribution in [3.8, 4) is 0 Å². The molecule has 1 N–H and O–H groups in total. The molecule has 1 aliphatic rings. The van der Waals surface area contributed by atoms with E-state index in [4.69, 9.17) is 4.74 Å². The average Bonchev–Trinajstić information content (AvgIpc) is 2.93. The van der Waals surface area contributed by atoms with Crippen molar-refractivity contribution in [1.82, 2.24) is 5.32 Å². The van der Waals surface area contributed by atoms with Crippen LogP contribution < -0.4 is 5.32 Å². The molecule has 1 rings (SSSR count). The van der Waals surface area contributed by atoms with Gasteiger partial charge in [-0.3, -0.25) is 4.79 Å². The van der Waals surface area contributed by atoms with E-state index in [0.29, 0.717) is 0 Å². The number of thioether (sulfide) groups is 1. The lowest BCUT2D eigenvalue weighted by Gasteiger charge is -2.28. The highest BCUT2D eigenvalue weighted by Gasteiger charge is 2.33. The Kier molecular flexibility index (Phi) is 7.84. The van der Waals surface area contributed by atoms with E-state index in [-0.39, 0.29) is 5.97 Å². The number of carbonyl (C=O) groups is 1. The molecule has 1 aliphatic carbocycles. The molecule has 0 aliphatic heterocycles. The first-order chi connectivity index (χ1) is 9.12. The standard InChI is InChI=1S/C15H29NO2S/c1-4-10-16-15(2,14(17)18-3)9-11-19-12-13-7-5-6-8-13/h13,16H,4-12H2,1-3H3. The zero-order valence-electron chi connectivity index (χ0n) is 12.7. The number of hydrogen-bond donors (Lipinski definition) is 1. The zero-order valence-corrected chi connectivity index (χ0v) is 13.5. The van der Waals surface area contributed by atoms with Gasteiger partial charge in [0.1, 0.15) is 5.54 Å². The quantitative estimate of drug-likeness (QED) is 0.522. The van der Waals surface area contributed by atoms with Crippen LogP contribution in [0.15, 0.2) is 0 Å². The van der Waals surface area contributed by atoms with Crippen LogP contribution in [0.5, 0.6) is 0 Å². The summed E-state index contributed by atoms with van der Waals surface area (Å²) < 4.78 is 4.93. The molecule has 0 aromatic carbocycles. The molecule has 1 saturated carbocycles.